The van der Waals surface area contributed by atoms with Gasteiger partial charge in [-0.25, -0.2) is 4.79 Å². The van der Waals surface area contributed by atoms with Crippen LogP contribution in [0.3, 0.4) is 0 Å². The molecule has 1 fully saturated rings. The number of unbranched alkanes of at least 4 members (excludes halogenated alkanes) is 12. The molecule has 0 radical (unpaired) electrons. The van der Waals surface area contributed by atoms with Crippen LogP contribution in [0.4, 0.5) is 0 Å². The molecule has 7 nitrogen and oxygen atoms in total. The fraction of sp³-hybridized carbons (Fsp3) is 0.914. The van der Waals surface area contributed by atoms with Gasteiger partial charge in [-0.2, -0.15) is 0 Å². The van der Waals surface area contributed by atoms with Crippen LogP contribution in [-0.2, 0) is 14.3 Å². The van der Waals surface area contributed by atoms with E-state index in [0.717, 1.165) is 70.6 Å². The Morgan fingerprint density at radius 3 is 1.60 bits per heavy atom. The molecule has 0 aromatic heterocycles. The molecule has 0 spiro atoms. The van der Waals surface area contributed by atoms with E-state index in [0.29, 0.717) is 24.8 Å². The minimum Gasteiger partial charge on any atom is -0.455 e. The SMILES string of the molecule is CCCCCCCCCCCC[C@@H](O)[C@H]1CC[C@H]([C@H](O)CCCCCC(O)CCCC[C@@H](O)CC2=C[C@H](C)OC2=O)O1. The molecule has 7 heteroatoms. The van der Waals surface area contributed by atoms with Crippen molar-refractivity contribution in [1.29, 1.82) is 0 Å². The molecule has 0 aromatic rings. The van der Waals surface area contributed by atoms with Gasteiger partial charge in [-0.1, -0.05) is 103 Å². The number of cyclic esters (lactones) is 1. The Balaban J connectivity index is 1.41. The first-order valence-corrected chi connectivity index (χ1v) is 17.6. The highest BCUT2D eigenvalue weighted by Crippen LogP contribution is 2.28. The van der Waals surface area contributed by atoms with Crippen LogP contribution >= 0.6 is 0 Å². The summed E-state index contributed by atoms with van der Waals surface area (Å²) in [6, 6.07) is 0. The standard InChI is InChI=1S/C35H64O7/c1-3-4-5-6-7-8-9-10-11-14-21-31(38)33-23-24-34(42-33)32(39)22-15-12-13-18-29(36)19-16-17-20-30(37)26-28-25-27(2)41-35(28)40/h25,27,29-34,36-39H,3-24,26H2,1-2H3/t27-,29?,30+,31+,32+,33+,34+/m0/s1. The number of esters is 1. The van der Waals surface area contributed by atoms with Gasteiger partial charge in [0.1, 0.15) is 6.10 Å². The molecule has 0 saturated carbocycles. The number of carbonyl (C=O) groups excluding carboxylic acids is 1. The van der Waals surface area contributed by atoms with Crippen LogP contribution in [0.2, 0.25) is 0 Å². The summed E-state index contributed by atoms with van der Waals surface area (Å²) in [5.41, 5.74) is 0.566. The van der Waals surface area contributed by atoms with E-state index in [2.05, 4.69) is 6.92 Å². The van der Waals surface area contributed by atoms with Gasteiger partial charge in [-0.3, -0.25) is 0 Å². The third kappa shape index (κ3) is 16.2. The molecule has 2 aliphatic heterocycles. The molecule has 246 valence electrons. The Kier molecular flexibility index (Phi) is 19.9. The molecule has 2 heterocycles. The van der Waals surface area contributed by atoms with E-state index in [-0.39, 0.29) is 30.4 Å². The molecular weight excluding hydrogens is 532 g/mol. The quantitative estimate of drug-likeness (QED) is 0.0624. The first-order chi connectivity index (χ1) is 20.3. The largest absolute Gasteiger partial charge is 0.455 e. The molecule has 4 N–H and O–H groups in total. The van der Waals surface area contributed by atoms with Gasteiger partial charge in [-0.05, 0) is 57.9 Å². The molecular formula is C35H64O7. The van der Waals surface area contributed by atoms with E-state index in [1.807, 2.05) is 6.92 Å². The van der Waals surface area contributed by atoms with Gasteiger partial charge in [0.25, 0.3) is 0 Å². The lowest BCUT2D eigenvalue weighted by atomic mass is 9.99. The minimum absolute atomic E-state index is 0.139. The number of aliphatic hydroxyl groups excluding tert-OH is 4. The average molecular weight is 597 g/mol. The van der Waals surface area contributed by atoms with E-state index < -0.39 is 18.3 Å². The van der Waals surface area contributed by atoms with Crippen LogP contribution in [0.5, 0.6) is 0 Å². The zero-order valence-electron chi connectivity index (χ0n) is 26.9. The summed E-state index contributed by atoms with van der Waals surface area (Å²) in [5, 5.41) is 41.7. The average Bonchev–Trinajstić information content (AvgIpc) is 3.58. The predicted molar refractivity (Wildman–Crippen MR) is 168 cm³/mol. The highest BCUT2D eigenvalue weighted by atomic mass is 16.5. The van der Waals surface area contributed by atoms with E-state index in [4.69, 9.17) is 9.47 Å². The molecule has 0 aromatic carbocycles. The molecule has 0 bridgehead atoms. The van der Waals surface area contributed by atoms with Gasteiger partial charge in [0.2, 0.25) is 0 Å². The van der Waals surface area contributed by atoms with Crippen LogP contribution in [0, 0.1) is 0 Å². The highest BCUT2D eigenvalue weighted by molar-refractivity contribution is 5.90. The van der Waals surface area contributed by atoms with Gasteiger partial charge in [0.05, 0.1) is 36.6 Å². The lowest BCUT2D eigenvalue weighted by Crippen LogP contribution is -2.31. The Bertz CT molecular complexity index is 726. The van der Waals surface area contributed by atoms with Crippen molar-refractivity contribution in [2.75, 3.05) is 0 Å². The Morgan fingerprint density at radius 2 is 1.10 bits per heavy atom. The van der Waals surface area contributed by atoms with Crippen molar-refractivity contribution in [2.24, 2.45) is 0 Å². The van der Waals surface area contributed by atoms with E-state index in [1.54, 1.807) is 6.08 Å². The third-order valence-electron chi connectivity index (χ3n) is 9.11. The highest BCUT2D eigenvalue weighted by Gasteiger charge is 2.34. The van der Waals surface area contributed by atoms with Gasteiger partial charge >= 0.3 is 5.97 Å². The summed E-state index contributed by atoms with van der Waals surface area (Å²) in [6.45, 7) is 4.07. The van der Waals surface area contributed by atoms with E-state index in [1.165, 1.54) is 57.8 Å². The molecule has 0 aliphatic carbocycles. The predicted octanol–water partition coefficient (Wildman–Crippen LogP) is 7.06. The van der Waals surface area contributed by atoms with E-state index in [9.17, 15) is 25.2 Å². The second-order valence-electron chi connectivity index (χ2n) is 13.1. The maximum atomic E-state index is 11.7. The second-order valence-corrected chi connectivity index (χ2v) is 13.1. The maximum absolute atomic E-state index is 11.7. The van der Waals surface area contributed by atoms with Crippen LogP contribution in [-0.4, -0.2) is 69.1 Å². The summed E-state index contributed by atoms with van der Waals surface area (Å²) >= 11 is 0. The zero-order valence-corrected chi connectivity index (χ0v) is 26.9. The first kappa shape index (κ1) is 37.2. The molecule has 2 rings (SSSR count). The lowest BCUT2D eigenvalue weighted by molar-refractivity contribution is -0.139. The first-order valence-electron chi connectivity index (χ1n) is 17.6. The number of carbonyl (C=O) groups is 1. The molecule has 7 atom stereocenters. The summed E-state index contributed by atoms with van der Waals surface area (Å²) in [6.07, 6.45) is 22.4. The van der Waals surface area contributed by atoms with Crippen molar-refractivity contribution in [1.82, 2.24) is 0 Å². The number of hydrogen-bond acceptors (Lipinski definition) is 7. The van der Waals surface area contributed by atoms with Crippen molar-refractivity contribution < 1.29 is 34.7 Å². The Hall–Kier alpha value is -0.990. The van der Waals surface area contributed by atoms with Crippen molar-refractivity contribution in [2.45, 2.75) is 204 Å². The summed E-state index contributed by atoms with van der Waals surface area (Å²) in [5.74, 6) is -0.321. The second kappa shape index (κ2) is 22.5. The lowest BCUT2D eigenvalue weighted by Gasteiger charge is -2.22. The van der Waals surface area contributed by atoms with Crippen LogP contribution in [0.15, 0.2) is 11.6 Å². The Morgan fingerprint density at radius 1 is 0.667 bits per heavy atom. The number of aliphatic hydroxyl groups is 4. The summed E-state index contributed by atoms with van der Waals surface area (Å²) < 4.78 is 11.1. The third-order valence-corrected chi connectivity index (χ3v) is 9.11. The van der Waals surface area contributed by atoms with Crippen molar-refractivity contribution in [3.63, 3.8) is 0 Å². The van der Waals surface area contributed by atoms with Crippen molar-refractivity contribution in [3.05, 3.63) is 11.6 Å². The van der Waals surface area contributed by atoms with Crippen molar-refractivity contribution >= 4 is 5.97 Å². The monoisotopic (exact) mass is 596 g/mol. The fourth-order valence-electron chi connectivity index (χ4n) is 6.42. The number of ether oxygens (including phenoxy) is 2. The Labute approximate surface area is 256 Å². The molecule has 1 unspecified atom stereocenters. The molecule has 1 saturated heterocycles. The van der Waals surface area contributed by atoms with Crippen LogP contribution in [0.25, 0.3) is 0 Å². The maximum Gasteiger partial charge on any atom is 0.334 e. The van der Waals surface area contributed by atoms with Crippen LogP contribution < -0.4 is 0 Å². The molecule has 2 aliphatic rings. The zero-order chi connectivity index (χ0) is 30.6. The van der Waals surface area contributed by atoms with Gasteiger partial charge in [0, 0.05) is 12.0 Å². The molecule has 0 amide bonds. The summed E-state index contributed by atoms with van der Waals surface area (Å²) in [4.78, 5) is 11.7. The topological polar surface area (TPSA) is 116 Å². The van der Waals surface area contributed by atoms with Gasteiger partial charge in [-0.15, -0.1) is 0 Å². The summed E-state index contributed by atoms with van der Waals surface area (Å²) in [7, 11) is 0. The van der Waals surface area contributed by atoms with E-state index >= 15 is 0 Å². The number of hydrogen-bond donors (Lipinski definition) is 4. The molecule has 42 heavy (non-hydrogen) atoms. The number of rotatable bonds is 26. The smallest absolute Gasteiger partial charge is 0.334 e. The van der Waals surface area contributed by atoms with Crippen molar-refractivity contribution in [3.8, 4) is 0 Å². The normalized spacial score (nSPS) is 23.5. The van der Waals surface area contributed by atoms with Gasteiger partial charge in [0.15, 0.2) is 0 Å². The van der Waals surface area contributed by atoms with Gasteiger partial charge < -0.3 is 29.9 Å². The van der Waals surface area contributed by atoms with Crippen LogP contribution in [0.1, 0.15) is 162 Å². The minimum atomic E-state index is -0.551. The fourth-order valence-corrected chi connectivity index (χ4v) is 6.42.